The van der Waals surface area contributed by atoms with Crippen LogP contribution < -0.4 is 5.73 Å². The summed E-state index contributed by atoms with van der Waals surface area (Å²) in [7, 11) is 4.27. The Bertz CT molecular complexity index is 1130. The van der Waals surface area contributed by atoms with E-state index in [1.54, 1.807) is 6.20 Å². The molecule has 8 heteroatoms. The fraction of sp³-hybridized carbons (Fsp3) is 0.400. The van der Waals surface area contributed by atoms with E-state index in [1.165, 1.54) is 0 Å². The maximum atomic E-state index is 6.72. The Kier molecular flexibility index (Phi) is 3.92. The van der Waals surface area contributed by atoms with Crippen LogP contribution in [-0.2, 0) is 5.54 Å². The summed E-state index contributed by atoms with van der Waals surface area (Å²) >= 11 is 0. The molecule has 5 rings (SSSR count). The maximum absolute atomic E-state index is 6.72. The van der Waals surface area contributed by atoms with Gasteiger partial charge in [-0.15, -0.1) is 0 Å². The van der Waals surface area contributed by atoms with Crippen molar-refractivity contribution in [1.29, 1.82) is 0 Å². The SMILES string of the molecule is CN(C)C1CCC(N)(c2ncc3c(-c4cnc5nccn5c4)ccn3n2)CC1. The van der Waals surface area contributed by atoms with Gasteiger partial charge in [-0.05, 0) is 45.8 Å². The maximum Gasteiger partial charge on any atom is 0.233 e. The van der Waals surface area contributed by atoms with Crippen molar-refractivity contribution in [2.75, 3.05) is 14.1 Å². The van der Waals surface area contributed by atoms with Crippen LogP contribution in [0.2, 0.25) is 0 Å². The van der Waals surface area contributed by atoms with Crippen LogP contribution in [0.1, 0.15) is 31.5 Å². The largest absolute Gasteiger partial charge is 0.319 e. The molecule has 144 valence electrons. The number of hydrogen-bond donors (Lipinski definition) is 1. The molecule has 0 radical (unpaired) electrons. The van der Waals surface area contributed by atoms with Gasteiger partial charge in [0.25, 0.3) is 0 Å². The summed E-state index contributed by atoms with van der Waals surface area (Å²) < 4.78 is 3.79. The van der Waals surface area contributed by atoms with Crippen molar-refractivity contribution in [2.45, 2.75) is 37.3 Å². The van der Waals surface area contributed by atoms with E-state index in [-0.39, 0.29) is 0 Å². The number of nitrogens with two attached hydrogens (primary N) is 1. The Hall–Kier alpha value is -2.84. The molecule has 1 aliphatic carbocycles. The van der Waals surface area contributed by atoms with Crippen LogP contribution in [-0.4, -0.2) is 54.0 Å². The molecule has 0 aromatic carbocycles. The van der Waals surface area contributed by atoms with E-state index in [2.05, 4.69) is 33.9 Å². The number of rotatable bonds is 3. The van der Waals surface area contributed by atoms with Gasteiger partial charge in [0.1, 0.15) is 0 Å². The van der Waals surface area contributed by atoms with Gasteiger partial charge in [-0.3, -0.25) is 4.40 Å². The van der Waals surface area contributed by atoms with Gasteiger partial charge in [0.15, 0.2) is 5.82 Å². The molecule has 0 bridgehead atoms. The van der Waals surface area contributed by atoms with Crippen molar-refractivity contribution in [3.8, 4) is 11.1 Å². The molecular weight excluding hydrogens is 352 g/mol. The molecule has 0 amide bonds. The number of fused-ring (bicyclic) bond motifs is 2. The Balaban J connectivity index is 1.48. The first-order valence-electron chi connectivity index (χ1n) is 9.63. The average molecular weight is 376 g/mol. The summed E-state index contributed by atoms with van der Waals surface area (Å²) in [6, 6.07) is 2.63. The van der Waals surface area contributed by atoms with Crippen LogP contribution in [0.25, 0.3) is 22.4 Å². The smallest absolute Gasteiger partial charge is 0.233 e. The highest BCUT2D eigenvalue weighted by atomic mass is 15.3. The second-order valence-electron chi connectivity index (χ2n) is 7.97. The molecule has 0 saturated heterocycles. The first-order chi connectivity index (χ1) is 13.5. The molecule has 0 spiro atoms. The monoisotopic (exact) mass is 376 g/mol. The summed E-state index contributed by atoms with van der Waals surface area (Å²) in [5.74, 6) is 1.41. The lowest BCUT2D eigenvalue weighted by molar-refractivity contribution is 0.167. The summed E-state index contributed by atoms with van der Waals surface area (Å²) in [6.07, 6.45) is 15.3. The summed E-state index contributed by atoms with van der Waals surface area (Å²) in [5, 5.41) is 4.77. The van der Waals surface area contributed by atoms with E-state index in [1.807, 2.05) is 46.0 Å². The Morgan fingerprint density at radius 2 is 1.93 bits per heavy atom. The molecule has 0 aliphatic heterocycles. The van der Waals surface area contributed by atoms with Crippen molar-refractivity contribution in [3.63, 3.8) is 0 Å². The quantitative estimate of drug-likeness (QED) is 0.589. The fourth-order valence-corrected chi connectivity index (χ4v) is 4.19. The molecule has 2 N–H and O–H groups in total. The molecule has 0 unspecified atom stereocenters. The summed E-state index contributed by atoms with van der Waals surface area (Å²) in [4.78, 5) is 15.6. The van der Waals surface area contributed by atoms with Crippen molar-refractivity contribution >= 4 is 11.3 Å². The fourth-order valence-electron chi connectivity index (χ4n) is 4.19. The Morgan fingerprint density at radius 1 is 1.11 bits per heavy atom. The lowest BCUT2D eigenvalue weighted by Crippen LogP contribution is -2.46. The minimum atomic E-state index is -0.456. The number of imidazole rings is 1. The van der Waals surface area contributed by atoms with Gasteiger partial charge in [0.2, 0.25) is 5.78 Å². The third kappa shape index (κ3) is 2.76. The standard InChI is InChI=1S/C20H24N8/c1-26(2)15-3-6-20(21,7-4-15)18-23-12-17-16(5-9-28(17)25-18)14-11-24-19-22-8-10-27(19)13-14/h5,8-13,15H,3-4,6-7,21H2,1-2H3. The van der Waals surface area contributed by atoms with E-state index < -0.39 is 5.54 Å². The minimum absolute atomic E-state index is 0.456. The van der Waals surface area contributed by atoms with Gasteiger partial charge in [0, 0.05) is 48.2 Å². The molecule has 1 aliphatic rings. The van der Waals surface area contributed by atoms with Gasteiger partial charge in [0.05, 0.1) is 17.3 Å². The van der Waals surface area contributed by atoms with Gasteiger partial charge in [-0.1, -0.05) is 0 Å². The van der Waals surface area contributed by atoms with Crippen molar-refractivity contribution in [3.05, 3.63) is 49.1 Å². The van der Waals surface area contributed by atoms with Crippen molar-refractivity contribution in [2.24, 2.45) is 5.73 Å². The zero-order valence-corrected chi connectivity index (χ0v) is 16.2. The van der Waals surface area contributed by atoms with E-state index >= 15 is 0 Å². The molecule has 0 atom stereocenters. The molecule has 4 aromatic rings. The third-order valence-electron chi connectivity index (χ3n) is 6.00. The van der Waals surface area contributed by atoms with Gasteiger partial charge in [-0.2, -0.15) is 5.10 Å². The summed E-state index contributed by atoms with van der Waals surface area (Å²) in [6.45, 7) is 0. The number of aromatic nitrogens is 6. The van der Waals surface area contributed by atoms with Crippen LogP contribution in [0, 0.1) is 0 Å². The van der Waals surface area contributed by atoms with E-state index in [0.717, 1.165) is 48.2 Å². The highest BCUT2D eigenvalue weighted by Gasteiger charge is 2.36. The zero-order chi connectivity index (χ0) is 19.3. The zero-order valence-electron chi connectivity index (χ0n) is 16.2. The van der Waals surface area contributed by atoms with Gasteiger partial charge >= 0.3 is 0 Å². The molecule has 1 saturated carbocycles. The minimum Gasteiger partial charge on any atom is -0.319 e. The second kappa shape index (κ2) is 6.35. The lowest BCUT2D eigenvalue weighted by atomic mass is 9.79. The van der Waals surface area contributed by atoms with Crippen LogP contribution in [0.4, 0.5) is 0 Å². The van der Waals surface area contributed by atoms with E-state index in [9.17, 15) is 0 Å². The Morgan fingerprint density at radius 3 is 2.71 bits per heavy atom. The topological polar surface area (TPSA) is 89.6 Å². The molecule has 1 fully saturated rings. The predicted molar refractivity (Wildman–Crippen MR) is 107 cm³/mol. The van der Waals surface area contributed by atoms with Crippen molar-refractivity contribution in [1.82, 2.24) is 33.9 Å². The third-order valence-corrected chi connectivity index (χ3v) is 6.00. The van der Waals surface area contributed by atoms with Crippen LogP contribution in [0.3, 0.4) is 0 Å². The summed E-state index contributed by atoms with van der Waals surface area (Å²) in [5.41, 5.74) is 9.25. The Labute approximate surface area is 163 Å². The van der Waals surface area contributed by atoms with Crippen LogP contribution in [0.15, 0.2) is 43.2 Å². The van der Waals surface area contributed by atoms with Crippen LogP contribution >= 0.6 is 0 Å². The van der Waals surface area contributed by atoms with E-state index in [4.69, 9.17) is 10.8 Å². The highest BCUT2D eigenvalue weighted by molar-refractivity contribution is 5.79. The second-order valence-corrected chi connectivity index (χ2v) is 7.97. The lowest BCUT2D eigenvalue weighted by Gasteiger charge is -2.38. The first-order valence-corrected chi connectivity index (χ1v) is 9.63. The molecular formula is C20H24N8. The number of nitrogens with zero attached hydrogens (tertiary/aromatic N) is 7. The van der Waals surface area contributed by atoms with Crippen molar-refractivity contribution < 1.29 is 0 Å². The molecule has 8 nitrogen and oxygen atoms in total. The van der Waals surface area contributed by atoms with Gasteiger partial charge in [-0.25, -0.2) is 19.5 Å². The highest BCUT2D eigenvalue weighted by Crippen LogP contribution is 2.35. The normalized spacial score (nSPS) is 23.1. The average Bonchev–Trinajstić information content (AvgIpc) is 3.34. The molecule has 4 heterocycles. The van der Waals surface area contributed by atoms with Gasteiger partial charge < -0.3 is 10.6 Å². The van der Waals surface area contributed by atoms with Crippen LogP contribution in [0.5, 0.6) is 0 Å². The molecule has 4 aromatic heterocycles. The first kappa shape index (κ1) is 17.3. The number of hydrogen-bond acceptors (Lipinski definition) is 6. The predicted octanol–water partition coefficient (Wildman–Crippen LogP) is 2.10. The van der Waals surface area contributed by atoms with E-state index in [0.29, 0.717) is 11.8 Å². The molecule has 28 heavy (non-hydrogen) atoms.